The molecule has 0 bridgehead atoms. The van der Waals surface area contributed by atoms with E-state index in [1.165, 1.54) is 7.05 Å². The summed E-state index contributed by atoms with van der Waals surface area (Å²) in [6.07, 6.45) is 0.0503. The molecule has 1 rings (SSSR count). The van der Waals surface area contributed by atoms with Crippen molar-refractivity contribution in [1.29, 1.82) is 0 Å². The Balaban J connectivity index is 2.63. The van der Waals surface area contributed by atoms with E-state index in [9.17, 15) is 14.7 Å². The van der Waals surface area contributed by atoms with Crippen LogP contribution in [0.4, 0.5) is 4.79 Å². The first-order valence-corrected chi connectivity index (χ1v) is 6.63. The standard InChI is InChI=1S/C15H21NO4/c1-4-11(2)13(14(17)18)16(3)15(19)20-10-12-8-6-5-7-9-12/h5-9,11,13H,4,10H2,1-3H3,(H,17,18). The van der Waals surface area contributed by atoms with Gasteiger partial charge in [0.15, 0.2) is 0 Å². The number of hydrogen-bond acceptors (Lipinski definition) is 3. The van der Waals surface area contributed by atoms with Crippen LogP contribution in [-0.2, 0) is 16.1 Å². The summed E-state index contributed by atoms with van der Waals surface area (Å²) < 4.78 is 5.14. The smallest absolute Gasteiger partial charge is 0.410 e. The number of aliphatic carboxylic acids is 1. The van der Waals surface area contributed by atoms with Crippen LogP contribution in [0.15, 0.2) is 30.3 Å². The molecule has 1 aromatic carbocycles. The van der Waals surface area contributed by atoms with Crippen molar-refractivity contribution in [2.45, 2.75) is 32.9 Å². The number of nitrogens with zero attached hydrogens (tertiary/aromatic N) is 1. The van der Waals surface area contributed by atoms with Gasteiger partial charge in [0.05, 0.1) is 0 Å². The van der Waals surface area contributed by atoms with E-state index in [0.717, 1.165) is 10.5 Å². The average Bonchev–Trinajstić information content (AvgIpc) is 2.45. The lowest BCUT2D eigenvalue weighted by Gasteiger charge is -2.28. The Morgan fingerprint density at radius 2 is 1.90 bits per heavy atom. The number of rotatable bonds is 6. The summed E-state index contributed by atoms with van der Waals surface area (Å²) in [5.41, 5.74) is 0.865. The van der Waals surface area contributed by atoms with Gasteiger partial charge in [-0.25, -0.2) is 9.59 Å². The molecule has 0 aliphatic carbocycles. The average molecular weight is 279 g/mol. The van der Waals surface area contributed by atoms with Crippen molar-refractivity contribution in [3.05, 3.63) is 35.9 Å². The van der Waals surface area contributed by atoms with Gasteiger partial charge >= 0.3 is 12.1 Å². The summed E-state index contributed by atoms with van der Waals surface area (Å²) in [5.74, 6) is -1.15. The number of likely N-dealkylation sites (N-methyl/N-ethyl adjacent to an activating group) is 1. The molecule has 0 saturated heterocycles. The molecule has 2 atom stereocenters. The quantitative estimate of drug-likeness (QED) is 0.869. The van der Waals surface area contributed by atoms with Gasteiger partial charge in [-0.3, -0.25) is 4.90 Å². The van der Waals surface area contributed by atoms with E-state index in [0.29, 0.717) is 6.42 Å². The van der Waals surface area contributed by atoms with Gasteiger partial charge in [-0.2, -0.15) is 0 Å². The van der Waals surface area contributed by atoms with Crippen LogP contribution in [0.25, 0.3) is 0 Å². The maximum Gasteiger partial charge on any atom is 0.410 e. The molecule has 1 N–H and O–H groups in total. The van der Waals surface area contributed by atoms with E-state index in [1.54, 1.807) is 6.92 Å². The van der Waals surface area contributed by atoms with Gasteiger partial charge in [0.25, 0.3) is 0 Å². The first-order valence-electron chi connectivity index (χ1n) is 6.63. The van der Waals surface area contributed by atoms with Crippen molar-refractivity contribution >= 4 is 12.1 Å². The van der Waals surface area contributed by atoms with Crippen LogP contribution in [0.2, 0.25) is 0 Å². The molecule has 0 spiro atoms. The van der Waals surface area contributed by atoms with Gasteiger partial charge in [0, 0.05) is 7.05 Å². The molecule has 0 heterocycles. The predicted molar refractivity (Wildman–Crippen MR) is 75.3 cm³/mol. The first-order chi connectivity index (χ1) is 9.47. The van der Waals surface area contributed by atoms with E-state index < -0.39 is 18.1 Å². The summed E-state index contributed by atoms with van der Waals surface area (Å²) in [5, 5.41) is 9.23. The fraction of sp³-hybridized carbons (Fsp3) is 0.467. The monoisotopic (exact) mass is 279 g/mol. The first kappa shape index (κ1) is 16.0. The predicted octanol–water partition coefficient (Wildman–Crippen LogP) is 2.75. The van der Waals surface area contributed by atoms with E-state index in [4.69, 9.17) is 4.74 Å². The summed E-state index contributed by atoms with van der Waals surface area (Å²) in [4.78, 5) is 24.3. The highest BCUT2D eigenvalue weighted by atomic mass is 16.6. The van der Waals surface area contributed by atoms with Crippen molar-refractivity contribution in [1.82, 2.24) is 4.90 Å². The van der Waals surface area contributed by atoms with Crippen molar-refractivity contribution < 1.29 is 19.4 Å². The van der Waals surface area contributed by atoms with Crippen molar-refractivity contribution in [2.24, 2.45) is 5.92 Å². The third-order valence-electron chi connectivity index (χ3n) is 3.35. The zero-order chi connectivity index (χ0) is 15.1. The van der Waals surface area contributed by atoms with E-state index in [2.05, 4.69) is 0 Å². The van der Waals surface area contributed by atoms with Crippen LogP contribution < -0.4 is 0 Å². The highest BCUT2D eigenvalue weighted by molar-refractivity contribution is 5.80. The highest BCUT2D eigenvalue weighted by Crippen LogP contribution is 2.15. The Bertz CT molecular complexity index is 446. The lowest BCUT2D eigenvalue weighted by Crippen LogP contribution is -2.46. The normalized spacial score (nSPS) is 13.3. The Kier molecular flexibility index (Phi) is 6.03. The van der Waals surface area contributed by atoms with Gasteiger partial charge in [0.1, 0.15) is 12.6 Å². The van der Waals surface area contributed by atoms with E-state index >= 15 is 0 Å². The van der Waals surface area contributed by atoms with Crippen LogP contribution in [0.5, 0.6) is 0 Å². The minimum absolute atomic E-state index is 0.136. The second-order valence-electron chi connectivity index (χ2n) is 4.82. The molecule has 110 valence electrons. The minimum Gasteiger partial charge on any atom is -0.480 e. The van der Waals surface area contributed by atoms with Gasteiger partial charge in [-0.1, -0.05) is 50.6 Å². The van der Waals surface area contributed by atoms with Crippen LogP contribution in [-0.4, -0.2) is 35.2 Å². The third-order valence-corrected chi connectivity index (χ3v) is 3.35. The second-order valence-corrected chi connectivity index (χ2v) is 4.82. The molecule has 5 heteroatoms. The number of ether oxygens (including phenoxy) is 1. The number of carbonyl (C=O) groups excluding carboxylic acids is 1. The number of amides is 1. The Morgan fingerprint density at radius 1 is 1.30 bits per heavy atom. The summed E-state index contributed by atoms with van der Waals surface area (Å²) in [6.45, 7) is 3.83. The van der Waals surface area contributed by atoms with Crippen LogP contribution in [0.1, 0.15) is 25.8 Å². The molecule has 0 aliphatic rings. The maximum absolute atomic E-state index is 11.9. The van der Waals surface area contributed by atoms with E-state index in [1.807, 2.05) is 37.3 Å². The van der Waals surface area contributed by atoms with Gasteiger partial charge in [0.2, 0.25) is 0 Å². The van der Waals surface area contributed by atoms with Gasteiger partial charge in [-0.15, -0.1) is 0 Å². The highest BCUT2D eigenvalue weighted by Gasteiger charge is 2.31. The molecule has 0 aromatic heterocycles. The number of hydrogen-bond donors (Lipinski definition) is 1. The SMILES string of the molecule is CCC(C)C(C(=O)O)N(C)C(=O)OCc1ccccc1. The molecular formula is C15H21NO4. The number of carbonyl (C=O) groups is 2. The van der Waals surface area contributed by atoms with Crippen molar-refractivity contribution in [3.8, 4) is 0 Å². The fourth-order valence-corrected chi connectivity index (χ4v) is 1.95. The molecule has 5 nitrogen and oxygen atoms in total. The third kappa shape index (κ3) is 4.26. The topological polar surface area (TPSA) is 66.8 Å². The van der Waals surface area contributed by atoms with Crippen LogP contribution in [0.3, 0.4) is 0 Å². The Morgan fingerprint density at radius 3 is 2.40 bits per heavy atom. The number of benzene rings is 1. The Hall–Kier alpha value is -2.04. The summed E-state index contributed by atoms with van der Waals surface area (Å²) in [7, 11) is 1.46. The zero-order valence-corrected chi connectivity index (χ0v) is 12.1. The number of carboxylic acids is 1. The summed E-state index contributed by atoms with van der Waals surface area (Å²) in [6, 6.07) is 8.40. The van der Waals surface area contributed by atoms with Crippen LogP contribution >= 0.6 is 0 Å². The number of carboxylic acid groups (broad SMARTS) is 1. The van der Waals surface area contributed by atoms with Crippen molar-refractivity contribution in [2.75, 3.05) is 7.05 Å². The molecule has 1 amide bonds. The molecule has 1 aromatic rings. The molecule has 0 radical (unpaired) electrons. The fourth-order valence-electron chi connectivity index (χ4n) is 1.95. The van der Waals surface area contributed by atoms with Crippen LogP contribution in [0, 0.1) is 5.92 Å². The second kappa shape index (κ2) is 7.53. The molecule has 20 heavy (non-hydrogen) atoms. The lowest BCUT2D eigenvalue weighted by atomic mass is 9.98. The molecule has 0 fully saturated rings. The van der Waals surface area contributed by atoms with Crippen molar-refractivity contribution in [3.63, 3.8) is 0 Å². The minimum atomic E-state index is -1.02. The van der Waals surface area contributed by atoms with Gasteiger partial charge in [-0.05, 0) is 11.5 Å². The molecular weight excluding hydrogens is 258 g/mol. The maximum atomic E-state index is 11.9. The largest absolute Gasteiger partial charge is 0.480 e. The Labute approximate surface area is 119 Å². The summed E-state index contributed by atoms with van der Waals surface area (Å²) >= 11 is 0. The molecule has 0 saturated carbocycles. The zero-order valence-electron chi connectivity index (χ0n) is 12.1. The van der Waals surface area contributed by atoms with E-state index in [-0.39, 0.29) is 12.5 Å². The molecule has 2 unspecified atom stereocenters. The lowest BCUT2D eigenvalue weighted by molar-refractivity contribution is -0.144. The van der Waals surface area contributed by atoms with Gasteiger partial charge < -0.3 is 9.84 Å². The molecule has 0 aliphatic heterocycles.